The highest BCUT2D eigenvalue weighted by atomic mass is 79.9. The van der Waals surface area contributed by atoms with Crippen molar-refractivity contribution in [3.63, 3.8) is 0 Å². The molecule has 2 aliphatic carbocycles. The SMILES string of the molecule is Cc1ccc2sc(Br)nc2c1.Cc1ccc2sc(N3CCN(C(=O)COC4CCC(Nc5ccc([N+](=O)[O-])c(C(F)(F)F)c5)CC4)CC3)nc2c1.Cl.O=C(COC1CCC(Nc2ccc([N+](=O)[O-])c(C(F)(F)F)c2)CC1)N1CCNCC1. The number of aromatic nitrogens is 2. The van der Waals surface area contributed by atoms with Crippen LogP contribution in [0.1, 0.15) is 73.6 Å². The molecular formula is C54H62BrClF6N10O8S2. The molecule has 0 radical (unpaired) electrons. The van der Waals surface area contributed by atoms with E-state index in [1.165, 1.54) is 28.0 Å². The van der Waals surface area contributed by atoms with Gasteiger partial charge in [0.15, 0.2) is 9.05 Å². The molecule has 28 heteroatoms. The molecule has 2 saturated heterocycles. The van der Waals surface area contributed by atoms with Gasteiger partial charge in [0, 0.05) is 87.9 Å². The highest BCUT2D eigenvalue weighted by Gasteiger charge is 2.40. The molecule has 2 amide bonds. The van der Waals surface area contributed by atoms with Gasteiger partial charge in [0.1, 0.15) is 24.3 Å². The summed E-state index contributed by atoms with van der Waals surface area (Å²) < 4.78 is 94.1. The van der Waals surface area contributed by atoms with Crippen molar-refractivity contribution < 1.29 is 55.3 Å². The summed E-state index contributed by atoms with van der Waals surface area (Å²) in [5.41, 5.74) is 0.451. The number of ether oxygens (including phenoxy) is 2. The van der Waals surface area contributed by atoms with Crippen LogP contribution in [0.4, 0.5) is 54.2 Å². The van der Waals surface area contributed by atoms with Gasteiger partial charge in [0.25, 0.3) is 11.4 Å². The molecule has 0 spiro atoms. The first kappa shape index (κ1) is 63.6. The summed E-state index contributed by atoms with van der Waals surface area (Å²) in [4.78, 5) is 59.6. The van der Waals surface area contributed by atoms with Crippen LogP contribution in [-0.2, 0) is 31.4 Å². The number of nitro groups is 2. The Morgan fingerprint density at radius 3 is 1.50 bits per heavy atom. The Bertz CT molecular complexity index is 3160. The third-order valence-corrected chi connectivity index (χ3v) is 17.0. The van der Waals surface area contributed by atoms with E-state index in [-0.39, 0.29) is 73.1 Å². The van der Waals surface area contributed by atoms with Crippen molar-refractivity contribution in [2.24, 2.45) is 0 Å². The van der Waals surface area contributed by atoms with Gasteiger partial charge in [-0.1, -0.05) is 23.5 Å². The highest BCUT2D eigenvalue weighted by molar-refractivity contribution is 9.11. The number of piperazine rings is 2. The smallest absolute Gasteiger partial charge is 0.382 e. The number of benzene rings is 4. The van der Waals surface area contributed by atoms with E-state index in [0.717, 1.165) is 62.1 Å². The number of nitrogens with zero attached hydrogens (tertiary/aromatic N) is 7. The number of nitro benzene ring substituents is 2. The third kappa shape index (κ3) is 17.5. The number of nitrogens with one attached hydrogen (secondary N) is 3. The maximum Gasteiger partial charge on any atom is 0.423 e. The molecule has 2 saturated carbocycles. The van der Waals surface area contributed by atoms with Gasteiger partial charge in [-0.3, -0.25) is 29.8 Å². The average molecular weight is 1270 g/mol. The third-order valence-electron chi connectivity index (χ3n) is 14.4. The summed E-state index contributed by atoms with van der Waals surface area (Å²) in [5, 5.41) is 32.1. The first-order valence-electron chi connectivity index (χ1n) is 26.4. The zero-order chi connectivity index (χ0) is 58.0. The minimum atomic E-state index is -4.82. The molecule has 18 nitrogen and oxygen atoms in total. The van der Waals surface area contributed by atoms with Crippen molar-refractivity contribution in [3.8, 4) is 0 Å². The van der Waals surface area contributed by atoms with Crippen molar-refractivity contribution >= 4 is 111 Å². The summed E-state index contributed by atoms with van der Waals surface area (Å²) >= 11 is 6.68. The second kappa shape index (κ2) is 28.5. The van der Waals surface area contributed by atoms with Gasteiger partial charge in [-0.25, -0.2) is 9.97 Å². The number of anilines is 3. The minimum Gasteiger partial charge on any atom is -0.382 e. The van der Waals surface area contributed by atoms with Crippen LogP contribution in [0.5, 0.6) is 0 Å². The van der Waals surface area contributed by atoms with E-state index in [0.29, 0.717) is 90.6 Å². The number of fused-ring (bicyclic) bond motifs is 2. The van der Waals surface area contributed by atoms with Crippen LogP contribution in [0.3, 0.4) is 0 Å². The van der Waals surface area contributed by atoms with Gasteiger partial charge in [0.2, 0.25) is 11.8 Å². The Morgan fingerprint density at radius 1 is 0.634 bits per heavy atom. The van der Waals surface area contributed by atoms with E-state index in [1.54, 1.807) is 27.6 Å². The Morgan fingerprint density at radius 2 is 1.06 bits per heavy atom. The maximum atomic E-state index is 13.3. The normalized spacial score (nSPS) is 19.5. The van der Waals surface area contributed by atoms with Gasteiger partial charge in [-0.2, -0.15) is 26.3 Å². The van der Waals surface area contributed by atoms with Gasteiger partial charge in [-0.15, -0.1) is 23.7 Å². The average Bonchev–Trinajstić information content (AvgIpc) is 4.20. The van der Waals surface area contributed by atoms with Gasteiger partial charge < -0.3 is 40.1 Å². The number of thiazole rings is 2. The lowest BCUT2D eigenvalue weighted by molar-refractivity contribution is -0.388. The van der Waals surface area contributed by atoms with E-state index in [1.807, 2.05) is 11.8 Å². The van der Waals surface area contributed by atoms with Crippen molar-refractivity contribution in [2.45, 2.75) is 102 Å². The van der Waals surface area contributed by atoms with Gasteiger partial charge in [0.05, 0.1) is 42.5 Å². The topological polar surface area (TPSA) is 210 Å². The molecule has 4 aromatic carbocycles. The minimum absolute atomic E-state index is 0. The fraction of sp³-hybridized carbons (Fsp3) is 0.481. The Labute approximate surface area is 491 Å². The molecule has 3 N–H and O–H groups in total. The Balaban J connectivity index is 0.000000202. The van der Waals surface area contributed by atoms with Crippen LogP contribution in [0.15, 0.2) is 76.7 Å². The van der Waals surface area contributed by atoms with Crippen molar-refractivity contribution in [1.82, 2.24) is 25.1 Å². The van der Waals surface area contributed by atoms with Gasteiger partial charge >= 0.3 is 12.4 Å². The second-order valence-electron chi connectivity index (χ2n) is 20.2. The lowest BCUT2D eigenvalue weighted by Gasteiger charge is -2.35. The monoisotopic (exact) mass is 1270 g/mol. The first-order valence-corrected chi connectivity index (χ1v) is 28.9. The van der Waals surface area contributed by atoms with Crippen LogP contribution in [0.25, 0.3) is 20.4 Å². The number of halogens is 8. The molecule has 6 aromatic rings. The van der Waals surface area contributed by atoms with Crippen LogP contribution in [-0.4, -0.2) is 131 Å². The Kier molecular flexibility index (Phi) is 22.1. The zero-order valence-electron chi connectivity index (χ0n) is 44.7. The summed E-state index contributed by atoms with van der Waals surface area (Å²) in [5.74, 6) is -0.0762. The number of aryl methyl sites for hydroxylation is 2. The molecule has 82 heavy (non-hydrogen) atoms. The van der Waals surface area contributed by atoms with Crippen LogP contribution in [0.2, 0.25) is 0 Å². The van der Waals surface area contributed by atoms with Crippen molar-refractivity contribution in [3.05, 3.63) is 119 Å². The predicted molar refractivity (Wildman–Crippen MR) is 309 cm³/mol. The zero-order valence-corrected chi connectivity index (χ0v) is 48.8. The summed E-state index contributed by atoms with van der Waals surface area (Å²) in [6.45, 7) is 9.69. The fourth-order valence-corrected chi connectivity index (χ4v) is 12.4. The van der Waals surface area contributed by atoms with Crippen molar-refractivity contribution in [2.75, 3.05) is 81.1 Å². The highest BCUT2D eigenvalue weighted by Crippen LogP contribution is 2.40. The quantitative estimate of drug-likeness (QED) is 0.0558. The number of amides is 2. The standard InChI is InChI=1S/C27H30F3N5O4S.C19H25F3N4O4.C8H6BrNS.ClH/c1-17-2-9-24-22(14-17)32-26(40-24)34-12-10-33(11-13-34)25(36)16-39-20-6-3-18(4-7-20)31-19-5-8-23(35(37)38)21(15-19)27(28,29)30;20-19(21,22)16-11-14(3-6-17(16)26(28)29)24-13-1-4-15(5-2-13)30-12-18(27)25-9-7-23-8-10-25;1-5-2-3-7-6(4-5)10-8(9)11-7;/h2,5,8-9,14-15,18,20,31H,3-4,6-7,10-13,16H2,1H3;3,6,11,13,15,23-24H,1-2,4-5,7-10,12H2;2-4H,1H3;1H. The second-order valence-corrected chi connectivity index (χ2v) is 23.6. The lowest BCUT2D eigenvalue weighted by atomic mass is 9.92. The number of carbonyl (C=O) groups is 2. The van der Waals surface area contributed by atoms with E-state index in [9.17, 15) is 56.2 Å². The van der Waals surface area contributed by atoms with E-state index < -0.39 is 44.7 Å². The number of carbonyl (C=O) groups excluding carboxylic acids is 2. The molecule has 4 heterocycles. The first-order chi connectivity index (χ1) is 38.6. The van der Waals surface area contributed by atoms with E-state index in [4.69, 9.17) is 14.5 Å². The van der Waals surface area contributed by atoms with E-state index in [2.05, 4.69) is 85.1 Å². The molecule has 0 bridgehead atoms. The van der Waals surface area contributed by atoms with Crippen LogP contribution >= 0.6 is 51.0 Å². The maximum absolute atomic E-state index is 13.3. The summed E-state index contributed by atoms with van der Waals surface area (Å²) in [7, 11) is 0. The summed E-state index contributed by atoms with van der Waals surface area (Å²) in [6, 6.07) is 18.3. The number of hydrogen-bond donors (Lipinski definition) is 3. The number of hydrogen-bond acceptors (Lipinski definition) is 16. The Hall–Kier alpha value is -5.97. The molecule has 4 aliphatic rings. The molecule has 4 fully saturated rings. The summed E-state index contributed by atoms with van der Waals surface area (Å²) in [6.07, 6.45) is -4.44. The molecule has 444 valence electrons. The molecular weight excluding hydrogens is 1210 g/mol. The lowest BCUT2D eigenvalue weighted by Crippen LogP contribution is -2.50. The number of rotatable bonds is 13. The number of alkyl halides is 6. The molecule has 2 aliphatic heterocycles. The van der Waals surface area contributed by atoms with Gasteiger partial charge in [-0.05, 0) is 141 Å². The fourth-order valence-electron chi connectivity index (χ4n) is 10.0. The van der Waals surface area contributed by atoms with Crippen LogP contribution < -0.4 is 20.9 Å². The molecule has 0 atom stereocenters. The van der Waals surface area contributed by atoms with Crippen LogP contribution in [0, 0.1) is 34.1 Å². The van der Waals surface area contributed by atoms with Crippen molar-refractivity contribution in [1.29, 1.82) is 0 Å². The predicted octanol–water partition coefficient (Wildman–Crippen LogP) is 12.2. The molecule has 0 unspecified atom stereocenters. The molecule has 10 rings (SSSR count). The molecule has 2 aromatic heterocycles. The van der Waals surface area contributed by atoms with E-state index >= 15 is 0 Å². The largest absolute Gasteiger partial charge is 0.423 e.